The van der Waals surface area contributed by atoms with Crippen LogP contribution in [0.5, 0.6) is 0 Å². The maximum atomic E-state index is 13.6. The summed E-state index contributed by atoms with van der Waals surface area (Å²) < 4.78 is 14.8. The smallest absolute Gasteiger partial charge is 0.275 e. The van der Waals surface area contributed by atoms with Gasteiger partial charge in [0.05, 0.1) is 29.9 Å². The summed E-state index contributed by atoms with van der Waals surface area (Å²) in [6.45, 7) is 1.73. The van der Waals surface area contributed by atoms with Crippen LogP contribution in [0.15, 0.2) is 83.9 Å². The van der Waals surface area contributed by atoms with E-state index in [4.69, 9.17) is 5.26 Å². The van der Waals surface area contributed by atoms with Crippen LogP contribution in [-0.4, -0.2) is 34.3 Å². The van der Waals surface area contributed by atoms with Crippen molar-refractivity contribution < 1.29 is 14.0 Å². The molecule has 38 heavy (non-hydrogen) atoms. The first-order valence-corrected chi connectivity index (χ1v) is 11.8. The molecule has 0 unspecified atom stereocenters. The molecule has 2 N–H and O–H groups in total. The molecular weight excluding hydrogens is 485 g/mol. The lowest BCUT2D eigenvalue weighted by Gasteiger charge is -2.17. The van der Waals surface area contributed by atoms with E-state index in [1.807, 2.05) is 0 Å². The summed E-state index contributed by atoms with van der Waals surface area (Å²) in [4.78, 5) is 43.1. The molecule has 4 rings (SSSR count). The Balaban J connectivity index is 1.75. The lowest BCUT2D eigenvalue weighted by Crippen LogP contribution is -2.37. The van der Waals surface area contributed by atoms with Crippen LogP contribution in [0.4, 0.5) is 10.1 Å². The van der Waals surface area contributed by atoms with Gasteiger partial charge in [-0.05, 0) is 79.7 Å². The van der Waals surface area contributed by atoms with Crippen LogP contribution >= 0.6 is 0 Å². The predicted octanol–water partition coefficient (Wildman–Crippen LogP) is 3.75. The Kier molecular flexibility index (Phi) is 7.85. The first kappa shape index (κ1) is 26.1. The van der Waals surface area contributed by atoms with Gasteiger partial charge >= 0.3 is 0 Å². The zero-order valence-corrected chi connectivity index (χ0v) is 20.7. The number of likely N-dealkylation sites (N-methyl/N-ethyl adjacent to an activating group) is 1. The number of nitrogens with one attached hydrogen (secondary N) is 2. The second-order valence-corrected chi connectivity index (χ2v) is 8.63. The molecule has 0 aliphatic carbocycles. The number of hydrogen-bond acceptors (Lipinski definition) is 6. The maximum absolute atomic E-state index is 13.6. The van der Waals surface area contributed by atoms with E-state index < -0.39 is 17.4 Å². The topological polar surface area (TPSA) is 117 Å². The second kappa shape index (κ2) is 11.4. The van der Waals surface area contributed by atoms with Crippen LogP contribution in [-0.2, 0) is 11.3 Å². The van der Waals surface area contributed by atoms with E-state index in [1.54, 1.807) is 62.6 Å². The first-order valence-electron chi connectivity index (χ1n) is 11.8. The number of carbonyl (C=O) groups excluding carboxylic acids is 2. The largest absolute Gasteiger partial charge is 0.320 e. The van der Waals surface area contributed by atoms with E-state index in [1.165, 1.54) is 35.0 Å². The number of halogens is 1. The van der Waals surface area contributed by atoms with Crippen LogP contribution in [0.2, 0.25) is 0 Å². The fourth-order valence-corrected chi connectivity index (χ4v) is 3.82. The summed E-state index contributed by atoms with van der Waals surface area (Å²) in [5.41, 5.74) is 2.53. The SMILES string of the molecule is CN[C@H](C)C(=O)Nc1ccc(-c2ccc(C#N)cc2)n(Cc2cncc(C(=O)c3ccc(F)cc3)c2)c1=O. The van der Waals surface area contributed by atoms with Crippen molar-refractivity contribution in [3.8, 4) is 17.3 Å². The number of ketones is 1. The number of carbonyl (C=O) groups is 2. The monoisotopic (exact) mass is 509 g/mol. The summed E-state index contributed by atoms with van der Waals surface area (Å²) >= 11 is 0. The number of nitrogens with zero attached hydrogens (tertiary/aromatic N) is 3. The van der Waals surface area contributed by atoms with Crippen LogP contribution in [0.1, 0.15) is 34.0 Å². The Labute approximate surface area is 218 Å². The molecule has 0 saturated carbocycles. The molecule has 2 heterocycles. The van der Waals surface area contributed by atoms with Crippen molar-refractivity contribution >= 4 is 17.4 Å². The Bertz CT molecular complexity index is 1590. The summed E-state index contributed by atoms with van der Waals surface area (Å²) in [6.07, 6.45) is 2.96. The number of hydrogen-bond donors (Lipinski definition) is 2. The van der Waals surface area contributed by atoms with Crippen molar-refractivity contribution in [1.29, 1.82) is 5.26 Å². The molecule has 0 bridgehead atoms. The van der Waals surface area contributed by atoms with Gasteiger partial charge < -0.3 is 15.2 Å². The van der Waals surface area contributed by atoms with Gasteiger partial charge in [-0.25, -0.2) is 4.39 Å². The van der Waals surface area contributed by atoms with Gasteiger partial charge in [0, 0.05) is 23.5 Å². The number of aromatic nitrogens is 2. The van der Waals surface area contributed by atoms with Gasteiger partial charge in [0.25, 0.3) is 5.56 Å². The second-order valence-electron chi connectivity index (χ2n) is 8.63. The molecular formula is C29H24FN5O3. The molecule has 0 radical (unpaired) electrons. The number of nitriles is 1. The van der Waals surface area contributed by atoms with E-state index in [2.05, 4.69) is 21.7 Å². The minimum Gasteiger partial charge on any atom is -0.320 e. The predicted molar refractivity (Wildman–Crippen MR) is 141 cm³/mol. The van der Waals surface area contributed by atoms with Gasteiger partial charge in [0.2, 0.25) is 5.91 Å². The lowest BCUT2D eigenvalue weighted by atomic mass is 10.0. The van der Waals surface area contributed by atoms with E-state index in [-0.39, 0.29) is 29.5 Å². The lowest BCUT2D eigenvalue weighted by molar-refractivity contribution is -0.117. The highest BCUT2D eigenvalue weighted by Crippen LogP contribution is 2.22. The average Bonchev–Trinajstić information content (AvgIpc) is 2.95. The van der Waals surface area contributed by atoms with E-state index in [9.17, 15) is 18.8 Å². The summed E-state index contributed by atoms with van der Waals surface area (Å²) in [6, 6.07) is 18.4. The third kappa shape index (κ3) is 5.72. The van der Waals surface area contributed by atoms with Gasteiger partial charge in [-0.3, -0.25) is 19.4 Å². The summed E-state index contributed by atoms with van der Waals surface area (Å²) in [5, 5.41) is 14.6. The summed E-state index contributed by atoms with van der Waals surface area (Å²) in [7, 11) is 1.64. The van der Waals surface area contributed by atoms with E-state index in [0.717, 1.165) is 0 Å². The minimum atomic E-state index is -0.514. The molecule has 190 valence electrons. The Hall–Kier alpha value is -4.94. The Morgan fingerprint density at radius 1 is 1.03 bits per heavy atom. The number of amides is 1. The molecule has 0 fully saturated rings. The highest BCUT2D eigenvalue weighted by atomic mass is 19.1. The highest BCUT2D eigenvalue weighted by molar-refractivity contribution is 6.08. The first-order chi connectivity index (χ1) is 18.3. The van der Waals surface area contributed by atoms with E-state index in [0.29, 0.717) is 27.9 Å². The van der Waals surface area contributed by atoms with Crippen molar-refractivity contribution in [3.63, 3.8) is 0 Å². The van der Waals surface area contributed by atoms with Gasteiger partial charge in [-0.15, -0.1) is 0 Å². The molecule has 1 atom stereocenters. The molecule has 0 aliphatic heterocycles. The molecule has 0 saturated heterocycles. The summed E-state index contributed by atoms with van der Waals surface area (Å²) in [5.74, 6) is -1.14. The van der Waals surface area contributed by atoms with Crippen molar-refractivity contribution in [1.82, 2.24) is 14.9 Å². The van der Waals surface area contributed by atoms with Gasteiger partial charge in [0.15, 0.2) is 5.78 Å². The van der Waals surface area contributed by atoms with Crippen LogP contribution in [0.3, 0.4) is 0 Å². The number of anilines is 1. The van der Waals surface area contributed by atoms with Crippen LogP contribution in [0, 0.1) is 17.1 Å². The fourth-order valence-electron chi connectivity index (χ4n) is 3.82. The van der Waals surface area contributed by atoms with Gasteiger partial charge in [0.1, 0.15) is 11.5 Å². The number of benzene rings is 2. The quantitative estimate of drug-likeness (QED) is 0.350. The minimum absolute atomic E-state index is 0.0526. The van der Waals surface area contributed by atoms with Gasteiger partial charge in [-0.2, -0.15) is 5.26 Å². The fraction of sp³-hybridized carbons (Fsp3) is 0.138. The third-order valence-corrected chi connectivity index (χ3v) is 6.07. The molecule has 4 aromatic rings. The normalized spacial score (nSPS) is 11.4. The van der Waals surface area contributed by atoms with Crippen molar-refractivity contribution in [2.24, 2.45) is 0 Å². The third-order valence-electron chi connectivity index (χ3n) is 6.07. The van der Waals surface area contributed by atoms with Crippen molar-refractivity contribution in [3.05, 3.63) is 118 Å². The molecule has 1 amide bonds. The highest BCUT2D eigenvalue weighted by Gasteiger charge is 2.17. The van der Waals surface area contributed by atoms with E-state index >= 15 is 0 Å². The molecule has 0 spiro atoms. The Morgan fingerprint density at radius 2 is 1.74 bits per heavy atom. The maximum Gasteiger partial charge on any atom is 0.275 e. The van der Waals surface area contributed by atoms with Gasteiger partial charge in [-0.1, -0.05) is 12.1 Å². The van der Waals surface area contributed by atoms with Crippen molar-refractivity contribution in [2.75, 3.05) is 12.4 Å². The Morgan fingerprint density at radius 3 is 2.39 bits per heavy atom. The van der Waals surface area contributed by atoms with Crippen LogP contribution in [0.25, 0.3) is 11.3 Å². The molecule has 2 aromatic heterocycles. The zero-order chi connectivity index (χ0) is 27.2. The molecule has 0 aliphatic rings. The van der Waals surface area contributed by atoms with Crippen LogP contribution < -0.4 is 16.2 Å². The molecule has 8 nitrogen and oxygen atoms in total. The van der Waals surface area contributed by atoms with Crippen molar-refractivity contribution in [2.45, 2.75) is 19.5 Å². The average molecular weight is 510 g/mol. The number of pyridine rings is 2. The standard InChI is InChI=1S/C29H24FN5O3/c1-18(32-2)28(37)34-25-11-12-26(21-5-3-19(14-31)4-6-21)35(29(25)38)17-20-13-23(16-33-15-20)27(36)22-7-9-24(30)10-8-22/h3-13,15-16,18,32H,17H2,1-2H3,(H,34,37)/t18-/m1/s1. The number of rotatable bonds is 8. The molecule has 2 aromatic carbocycles. The molecule has 9 heteroatoms. The zero-order valence-electron chi connectivity index (χ0n) is 20.7.